The first-order valence-corrected chi connectivity index (χ1v) is 12.1. The van der Waals surface area contributed by atoms with Crippen LogP contribution in [0.15, 0.2) is 0 Å². The van der Waals surface area contributed by atoms with Crippen molar-refractivity contribution in [2.45, 2.75) is 83.8 Å². The Hall–Kier alpha value is -0.633. The van der Waals surface area contributed by atoms with Crippen LogP contribution in [0.3, 0.4) is 0 Å². The summed E-state index contributed by atoms with van der Waals surface area (Å²) in [7, 11) is -1.85. The summed E-state index contributed by atoms with van der Waals surface area (Å²) in [5.41, 5.74) is -0.793. The fourth-order valence-electron chi connectivity index (χ4n) is 3.02. The van der Waals surface area contributed by atoms with E-state index in [1.165, 1.54) is 4.90 Å². The van der Waals surface area contributed by atoms with Crippen molar-refractivity contribution in [3.63, 3.8) is 0 Å². The molecule has 1 aliphatic heterocycles. The van der Waals surface area contributed by atoms with E-state index in [9.17, 15) is 15.0 Å². The maximum Gasteiger partial charge on any atom is 0.409 e. The highest BCUT2D eigenvalue weighted by molar-refractivity contribution is 6.74. The van der Waals surface area contributed by atoms with Crippen molar-refractivity contribution >= 4 is 14.4 Å². The van der Waals surface area contributed by atoms with E-state index >= 15 is 0 Å². The molecule has 2 N–H and O–H groups in total. The van der Waals surface area contributed by atoms with Crippen LogP contribution in [0.5, 0.6) is 0 Å². The van der Waals surface area contributed by atoms with E-state index in [-0.39, 0.29) is 23.6 Å². The van der Waals surface area contributed by atoms with Crippen LogP contribution in [0.4, 0.5) is 4.79 Å². The first-order chi connectivity index (χ1) is 11.3. The van der Waals surface area contributed by atoms with Crippen molar-refractivity contribution in [2.75, 3.05) is 19.8 Å². The molecule has 6 nitrogen and oxygen atoms in total. The lowest BCUT2D eigenvalue weighted by atomic mass is 9.95. The van der Waals surface area contributed by atoms with Gasteiger partial charge in [0, 0.05) is 13.2 Å². The Bertz CT molecular complexity index is 447. The molecule has 1 unspecified atom stereocenters. The molecule has 1 saturated heterocycles. The number of aliphatic hydroxyl groups excluding tert-OH is 1. The van der Waals surface area contributed by atoms with Crippen LogP contribution in [0.1, 0.15) is 53.9 Å². The highest BCUT2D eigenvalue weighted by Crippen LogP contribution is 2.38. The Morgan fingerprint density at radius 2 is 2.00 bits per heavy atom. The molecule has 1 heterocycles. The van der Waals surface area contributed by atoms with Gasteiger partial charge in [0.1, 0.15) is 5.72 Å². The van der Waals surface area contributed by atoms with Crippen molar-refractivity contribution < 1.29 is 24.2 Å². The second-order valence-electron chi connectivity index (χ2n) is 9.10. The van der Waals surface area contributed by atoms with E-state index in [4.69, 9.17) is 9.16 Å². The van der Waals surface area contributed by atoms with Crippen molar-refractivity contribution in [3.05, 3.63) is 0 Å². The summed E-state index contributed by atoms with van der Waals surface area (Å²) >= 11 is 0. The molecule has 0 radical (unpaired) electrons. The number of carbonyl (C=O) groups is 1. The molecule has 2 atom stereocenters. The number of carboxylic acid groups (broad SMARTS) is 1. The van der Waals surface area contributed by atoms with E-state index in [0.717, 1.165) is 6.42 Å². The molecule has 0 aromatic heterocycles. The van der Waals surface area contributed by atoms with Gasteiger partial charge in [-0.25, -0.2) is 4.79 Å². The second kappa shape index (κ2) is 8.37. The largest absolute Gasteiger partial charge is 0.465 e. The Kier molecular flexibility index (Phi) is 7.50. The number of hydrogen-bond acceptors (Lipinski definition) is 4. The Morgan fingerprint density at radius 3 is 2.48 bits per heavy atom. The minimum atomic E-state index is -1.85. The summed E-state index contributed by atoms with van der Waals surface area (Å²) < 4.78 is 12.1. The third kappa shape index (κ3) is 5.94. The number of rotatable bonds is 8. The predicted molar refractivity (Wildman–Crippen MR) is 101 cm³/mol. The zero-order chi connectivity index (χ0) is 19.5. The molecular weight excluding hydrogens is 338 g/mol. The summed E-state index contributed by atoms with van der Waals surface area (Å²) in [5, 5.41) is 18.9. The summed E-state index contributed by atoms with van der Waals surface area (Å²) in [4.78, 5) is 13.1. The van der Waals surface area contributed by atoms with Gasteiger partial charge in [-0.2, -0.15) is 0 Å². The molecule has 1 amide bonds. The number of amides is 1. The maximum absolute atomic E-state index is 11.7. The van der Waals surface area contributed by atoms with Gasteiger partial charge in [-0.3, -0.25) is 4.90 Å². The maximum atomic E-state index is 11.7. The molecule has 0 aromatic carbocycles. The third-order valence-electron chi connectivity index (χ3n) is 5.64. The SMILES string of the molecule is CC1(C)OCC(C[C@H](CCCO)CO[Si](C)(C)C(C)(C)C)N1C(=O)O. The van der Waals surface area contributed by atoms with Crippen LogP contribution in [0.2, 0.25) is 18.1 Å². The average molecular weight is 376 g/mol. The van der Waals surface area contributed by atoms with E-state index < -0.39 is 20.1 Å². The highest BCUT2D eigenvalue weighted by atomic mass is 28.4. The molecule has 0 spiro atoms. The molecule has 0 bridgehead atoms. The predicted octanol–water partition coefficient (Wildman–Crippen LogP) is 3.90. The zero-order valence-electron chi connectivity index (χ0n) is 17.0. The van der Waals surface area contributed by atoms with Gasteiger partial charge < -0.3 is 19.4 Å². The lowest BCUT2D eigenvalue weighted by molar-refractivity contribution is -0.0427. The van der Waals surface area contributed by atoms with Crippen LogP contribution in [-0.4, -0.2) is 61.1 Å². The molecule has 1 aliphatic rings. The molecule has 1 rings (SSSR count). The number of aliphatic hydroxyl groups is 1. The van der Waals surface area contributed by atoms with Gasteiger partial charge in [-0.05, 0) is 57.2 Å². The van der Waals surface area contributed by atoms with Crippen LogP contribution < -0.4 is 0 Å². The monoisotopic (exact) mass is 375 g/mol. The standard InChI is InChI=1S/C18H37NO5Si/c1-17(2,3)25(6,7)24-12-14(9-8-10-20)11-15-13-23-18(4,5)19(15)16(21)22/h14-15,20H,8-13H2,1-7H3,(H,21,22)/t14-,15?/m0/s1. The fraction of sp³-hybridized carbons (Fsp3) is 0.944. The van der Waals surface area contributed by atoms with Crippen molar-refractivity contribution in [1.82, 2.24) is 4.90 Å². The van der Waals surface area contributed by atoms with Gasteiger partial charge in [0.05, 0.1) is 12.6 Å². The normalized spacial score (nSPS) is 22.2. The van der Waals surface area contributed by atoms with Crippen LogP contribution in [0.25, 0.3) is 0 Å². The minimum absolute atomic E-state index is 0.139. The lowest BCUT2D eigenvalue weighted by Crippen LogP contribution is -2.48. The summed E-state index contributed by atoms with van der Waals surface area (Å²) in [6, 6.07) is -0.167. The van der Waals surface area contributed by atoms with E-state index in [1.807, 2.05) is 0 Å². The Morgan fingerprint density at radius 1 is 1.40 bits per heavy atom. The minimum Gasteiger partial charge on any atom is -0.465 e. The average Bonchev–Trinajstić information content (AvgIpc) is 2.75. The van der Waals surface area contributed by atoms with Crippen molar-refractivity contribution in [3.8, 4) is 0 Å². The molecule has 0 saturated carbocycles. The smallest absolute Gasteiger partial charge is 0.409 e. The number of hydrogen-bond donors (Lipinski definition) is 2. The van der Waals surface area contributed by atoms with Crippen LogP contribution in [0, 0.1) is 5.92 Å². The Balaban J connectivity index is 2.78. The fourth-order valence-corrected chi connectivity index (χ4v) is 4.11. The second-order valence-corrected chi connectivity index (χ2v) is 13.9. The molecule has 25 heavy (non-hydrogen) atoms. The van der Waals surface area contributed by atoms with E-state index in [2.05, 4.69) is 33.9 Å². The Labute approximate surface area is 153 Å². The van der Waals surface area contributed by atoms with Crippen LogP contribution >= 0.6 is 0 Å². The quantitative estimate of drug-likeness (QED) is 0.629. The summed E-state index contributed by atoms with van der Waals surface area (Å²) in [6.07, 6.45) is 1.29. The molecule has 0 aliphatic carbocycles. The van der Waals surface area contributed by atoms with E-state index in [0.29, 0.717) is 26.1 Å². The lowest BCUT2D eigenvalue weighted by Gasteiger charge is -2.38. The first kappa shape index (κ1) is 22.4. The van der Waals surface area contributed by atoms with Crippen molar-refractivity contribution in [2.24, 2.45) is 5.92 Å². The van der Waals surface area contributed by atoms with Crippen molar-refractivity contribution in [1.29, 1.82) is 0 Å². The van der Waals surface area contributed by atoms with Gasteiger partial charge >= 0.3 is 6.09 Å². The summed E-state index contributed by atoms with van der Waals surface area (Å²) in [6.45, 7) is 15.8. The molecule has 148 valence electrons. The first-order valence-electron chi connectivity index (χ1n) is 9.23. The topological polar surface area (TPSA) is 79.2 Å². The third-order valence-corrected chi connectivity index (χ3v) is 10.1. The molecular formula is C18H37NO5Si. The number of ether oxygens (including phenoxy) is 1. The van der Waals surface area contributed by atoms with Gasteiger partial charge in [-0.15, -0.1) is 0 Å². The van der Waals surface area contributed by atoms with Crippen LogP contribution in [-0.2, 0) is 9.16 Å². The highest BCUT2D eigenvalue weighted by Gasteiger charge is 2.45. The summed E-state index contributed by atoms with van der Waals surface area (Å²) in [5.74, 6) is 0.214. The molecule has 0 aromatic rings. The molecule has 1 fully saturated rings. The number of nitrogens with zero attached hydrogens (tertiary/aromatic N) is 1. The van der Waals surface area contributed by atoms with E-state index in [1.54, 1.807) is 13.8 Å². The zero-order valence-corrected chi connectivity index (χ0v) is 18.0. The van der Waals surface area contributed by atoms with Gasteiger partial charge in [0.15, 0.2) is 8.32 Å². The molecule has 7 heteroatoms. The van der Waals surface area contributed by atoms with Gasteiger partial charge in [0.2, 0.25) is 0 Å². The van der Waals surface area contributed by atoms with Gasteiger partial charge in [0.25, 0.3) is 0 Å². The van der Waals surface area contributed by atoms with Gasteiger partial charge in [-0.1, -0.05) is 20.8 Å².